The summed E-state index contributed by atoms with van der Waals surface area (Å²) in [5.41, 5.74) is -0.906. The molecule has 0 amide bonds. The maximum Gasteiger partial charge on any atom is 0.343 e. The molecule has 0 aromatic heterocycles. The van der Waals surface area contributed by atoms with Crippen LogP contribution in [0, 0.1) is 25.4 Å². The maximum atomic E-state index is 12.3. The Kier molecular flexibility index (Phi) is 6.64. The molecule has 0 aliphatic heterocycles. The molecule has 14 nitrogen and oxygen atoms in total. The molecule has 0 fully saturated rings. The van der Waals surface area contributed by atoms with E-state index in [2.05, 4.69) is 10.6 Å². The number of nitro groups is 2. The van der Waals surface area contributed by atoms with Crippen LogP contribution >= 0.6 is 0 Å². The molecule has 0 atom stereocenters. The van der Waals surface area contributed by atoms with Gasteiger partial charge in [0.25, 0.3) is 0 Å². The maximum absolute atomic E-state index is 12.3. The van der Waals surface area contributed by atoms with Crippen LogP contribution in [0.15, 0.2) is 41.7 Å². The molecule has 0 spiro atoms. The molecule has 0 aliphatic carbocycles. The van der Waals surface area contributed by atoms with Gasteiger partial charge in [0, 0.05) is 18.8 Å². The van der Waals surface area contributed by atoms with Crippen molar-refractivity contribution in [2.45, 2.75) is 0 Å². The third-order valence-electron chi connectivity index (χ3n) is 3.60. The molecule has 0 unspecified atom stereocenters. The van der Waals surface area contributed by atoms with Gasteiger partial charge in [-0.3, -0.25) is 25.1 Å². The average molecular weight is 420 g/mol. The third kappa shape index (κ3) is 5.06. The Hall–Kier alpha value is -4.49. The van der Waals surface area contributed by atoms with Gasteiger partial charge in [0.05, 0.1) is 34.5 Å². The van der Waals surface area contributed by atoms with Gasteiger partial charge in [0.2, 0.25) is 16.8 Å². The lowest BCUT2D eigenvalue weighted by Crippen LogP contribution is -2.21. The van der Waals surface area contributed by atoms with Crippen molar-refractivity contribution in [3.63, 3.8) is 0 Å². The Morgan fingerprint density at radius 3 is 2.07 bits per heavy atom. The molecule has 14 heteroatoms. The van der Waals surface area contributed by atoms with Crippen LogP contribution in [0.1, 0.15) is 10.4 Å². The second-order valence-electron chi connectivity index (χ2n) is 5.79. The number of anilines is 1. The Morgan fingerprint density at radius 1 is 1.00 bits per heavy atom. The standard InChI is InChI=1S/C16H16N6O8/c1-17-11-6-4-10(5-7-11)16(23)29-14-9-15(30-18-22(28)19(2)3)13(21(26)27)8-12(14)20(24)25/h4-9,17H,1-3H3/b22-18-. The van der Waals surface area contributed by atoms with Crippen LogP contribution in [-0.2, 0) is 0 Å². The number of benzene rings is 2. The van der Waals surface area contributed by atoms with Crippen molar-refractivity contribution >= 4 is 23.0 Å². The summed E-state index contributed by atoms with van der Waals surface area (Å²) in [7, 11) is 4.34. The zero-order valence-corrected chi connectivity index (χ0v) is 16.0. The van der Waals surface area contributed by atoms with E-state index in [0.717, 1.165) is 11.1 Å². The highest BCUT2D eigenvalue weighted by Gasteiger charge is 2.29. The molecule has 0 radical (unpaired) electrons. The molecule has 0 aliphatic rings. The summed E-state index contributed by atoms with van der Waals surface area (Å²) in [5, 5.41) is 40.9. The molecular formula is C16H16N6O8. The van der Waals surface area contributed by atoms with Crippen molar-refractivity contribution in [3.05, 3.63) is 67.4 Å². The van der Waals surface area contributed by atoms with Crippen molar-refractivity contribution < 1.29 is 29.2 Å². The second kappa shape index (κ2) is 9.13. The first-order valence-corrected chi connectivity index (χ1v) is 8.13. The van der Waals surface area contributed by atoms with Gasteiger partial charge in [0.1, 0.15) is 6.07 Å². The Bertz CT molecular complexity index is 1010. The van der Waals surface area contributed by atoms with Gasteiger partial charge >= 0.3 is 17.3 Å². The van der Waals surface area contributed by atoms with Crippen molar-refractivity contribution in [2.24, 2.45) is 5.28 Å². The van der Waals surface area contributed by atoms with Gasteiger partial charge in [-0.25, -0.2) is 4.79 Å². The molecule has 2 aromatic rings. The highest BCUT2D eigenvalue weighted by molar-refractivity contribution is 5.92. The molecular weight excluding hydrogens is 404 g/mol. The lowest BCUT2D eigenvalue weighted by atomic mass is 10.2. The largest absolute Gasteiger partial charge is 0.569 e. The number of hydrogen-bond donors (Lipinski definition) is 1. The average Bonchev–Trinajstić information content (AvgIpc) is 2.71. The number of esters is 1. The van der Waals surface area contributed by atoms with E-state index in [0.29, 0.717) is 11.8 Å². The summed E-state index contributed by atoms with van der Waals surface area (Å²) in [5.74, 6) is -2.21. The molecule has 1 N–H and O–H groups in total. The van der Waals surface area contributed by atoms with Crippen LogP contribution in [0.5, 0.6) is 11.5 Å². The molecule has 0 saturated carbocycles. The summed E-state index contributed by atoms with van der Waals surface area (Å²) in [6, 6.07) is 7.29. The fourth-order valence-electron chi connectivity index (χ4n) is 2.06. The predicted molar refractivity (Wildman–Crippen MR) is 101 cm³/mol. The number of nitrogens with zero attached hydrogens (tertiary/aromatic N) is 5. The van der Waals surface area contributed by atoms with Gasteiger partial charge in [0.15, 0.2) is 0 Å². The van der Waals surface area contributed by atoms with Crippen LogP contribution < -0.4 is 14.9 Å². The van der Waals surface area contributed by atoms with Gasteiger partial charge in [-0.2, -0.15) is 5.01 Å². The molecule has 0 saturated heterocycles. The fraction of sp³-hybridized carbons (Fsp3) is 0.188. The molecule has 2 aromatic carbocycles. The van der Waals surface area contributed by atoms with Crippen molar-refractivity contribution in [1.29, 1.82) is 0 Å². The minimum Gasteiger partial charge on any atom is -0.569 e. The van der Waals surface area contributed by atoms with Gasteiger partial charge in [-0.15, -0.1) is 0 Å². The van der Waals surface area contributed by atoms with E-state index in [4.69, 9.17) is 9.57 Å². The predicted octanol–water partition coefficient (Wildman–Crippen LogP) is 2.50. The fourth-order valence-corrected chi connectivity index (χ4v) is 2.06. The van der Waals surface area contributed by atoms with E-state index in [9.17, 15) is 30.2 Å². The van der Waals surface area contributed by atoms with Crippen LogP contribution in [-0.4, -0.2) is 46.9 Å². The molecule has 2 rings (SSSR count). The first-order valence-electron chi connectivity index (χ1n) is 8.13. The zero-order valence-electron chi connectivity index (χ0n) is 16.0. The van der Waals surface area contributed by atoms with E-state index in [-0.39, 0.29) is 10.5 Å². The van der Waals surface area contributed by atoms with Crippen LogP contribution in [0.3, 0.4) is 0 Å². The highest BCUT2D eigenvalue weighted by atomic mass is 16.7. The Balaban J connectivity index is 2.46. The molecule has 30 heavy (non-hydrogen) atoms. The summed E-state index contributed by atoms with van der Waals surface area (Å²) < 4.78 is 5.05. The first kappa shape index (κ1) is 21.8. The number of ether oxygens (including phenoxy) is 1. The summed E-state index contributed by atoms with van der Waals surface area (Å²) in [6.45, 7) is 0. The molecule has 0 heterocycles. The Labute approximate surface area is 168 Å². The third-order valence-corrected chi connectivity index (χ3v) is 3.60. The van der Waals surface area contributed by atoms with E-state index >= 15 is 0 Å². The quantitative estimate of drug-likeness (QED) is 0.167. The number of carbonyl (C=O) groups excluding carboxylic acids is 1. The summed E-state index contributed by atoms with van der Waals surface area (Å²) >= 11 is 0. The SMILES string of the molecule is CNc1ccc(C(=O)Oc2cc(O/N=[N+](\[O-])N(C)C)c([N+](=O)[O-])cc2[N+](=O)[O-])cc1. The zero-order chi connectivity index (χ0) is 22.4. The number of hydrazine groups is 1. The smallest absolute Gasteiger partial charge is 0.343 e. The lowest BCUT2D eigenvalue weighted by Gasteiger charge is -2.08. The minimum absolute atomic E-state index is 0.0276. The first-order chi connectivity index (χ1) is 14.1. The van der Waals surface area contributed by atoms with E-state index in [1.54, 1.807) is 19.2 Å². The second-order valence-corrected chi connectivity index (χ2v) is 5.79. The lowest BCUT2D eigenvalue weighted by molar-refractivity contribution is -0.695. The number of hydrogen-bond acceptors (Lipinski definition) is 10. The normalized spacial score (nSPS) is 10.8. The topological polar surface area (TPSA) is 176 Å². The molecule has 0 bridgehead atoms. The number of carbonyl (C=O) groups is 1. The van der Waals surface area contributed by atoms with Crippen molar-refractivity contribution in [2.75, 3.05) is 26.5 Å². The number of rotatable bonds is 8. The van der Waals surface area contributed by atoms with Crippen molar-refractivity contribution in [3.8, 4) is 11.5 Å². The van der Waals surface area contributed by atoms with Crippen LogP contribution in [0.2, 0.25) is 0 Å². The van der Waals surface area contributed by atoms with E-state index in [1.807, 2.05) is 0 Å². The number of nitrogens with one attached hydrogen (secondary N) is 1. The van der Waals surface area contributed by atoms with Gasteiger partial charge in [-0.1, -0.05) is 0 Å². The Morgan fingerprint density at radius 2 is 1.57 bits per heavy atom. The van der Waals surface area contributed by atoms with E-state index < -0.39 is 38.7 Å². The van der Waals surface area contributed by atoms with Crippen LogP contribution in [0.25, 0.3) is 0 Å². The summed E-state index contributed by atoms with van der Waals surface area (Å²) in [4.78, 5) is 37.7. The number of nitro benzene ring substituents is 2. The monoisotopic (exact) mass is 420 g/mol. The van der Waals surface area contributed by atoms with Crippen molar-refractivity contribution in [1.82, 2.24) is 5.01 Å². The van der Waals surface area contributed by atoms with Crippen LogP contribution in [0.4, 0.5) is 17.1 Å². The highest BCUT2D eigenvalue weighted by Crippen LogP contribution is 2.39. The minimum atomic E-state index is -0.968. The van der Waals surface area contributed by atoms with E-state index in [1.165, 1.54) is 26.2 Å². The summed E-state index contributed by atoms with van der Waals surface area (Å²) in [6.07, 6.45) is 0. The van der Waals surface area contributed by atoms with Gasteiger partial charge < -0.3 is 15.3 Å². The molecule has 158 valence electrons. The van der Waals surface area contributed by atoms with Gasteiger partial charge in [-0.05, 0) is 24.3 Å².